The van der Waals surface area contributed by atoms with Gasteiger partial charge in [-0.2, -0.15) is 15.1 Å². The van der Waals surface area contributed by atoms with Gasteiger partial charge in [-0.25, -0.2) is 15.0 Å². The number of fused-ring (bicyclic) bond motifs is 1. The van der Waals surface area contributed by atoms with Crippen LogP contribution in [0.1, 0.15) is 46.7 Å². The van der Waals surface area contributed by atoms with Gasteiger partial charge in [0.1, 0.15) is 11.9 Å². The Morgan fingerprint density at radius 2 is 1.77 bits per heavy atom. The van der Waals surface area contributed by atoms with E-state index < -0.39 is 24.5 Å². The number of aryl methyl sites for hydroxylation is 2. The zero-order valence-corrected chi connectivity index (χ0v) is 26.3. The van der Waals surface area contributed by atoms with Gasteiger partial charge in [-0.15, -0.1) is 0 Å². The lowest BCUT2D eigenvalue weighted by molar-refractivity contribution is -0.142. The summed E-state index contributed by atoms with van der Waals surface area (Å²) in [6, 6.07) is 20.5. The fourth-order valence-electron chi connectivity index (χ4n) is 5.99. The van der Waals surface area contributed by atoms with Crippen LogP contribution in [0.25, 0.3) is 11.2 Å². The predicted octanol–water partition coefficient (Wildman–Crippen LogP) is 3.06. The lowest BCUT2D eigenvalue weighted by Gasteiger charge is -2.21. The van der Waals surface area contributed by atoms with Crippen LogP contribution in [0.3, 0.4) is 0 Å². The van der Waals surface area contributed by atoms with Crippen molar-refractivity contribution in [2.24, 2.45) is 7.05 Å². The fourth-order valence-corrected chi connectivity index (χ4v) is 5.99. The number of hydrogen-bond donors (Lipinski definition) is 4. The fraction of sp³-hybridized carbons (Fsp3) is 0.303. The van der Waals surface area contributed by atoms with Crippen LogP contribution >= 0.6 is 0 Å². The smallest absolute Gasteiger partial charge is 0.293 e. The summed E-state index contributed by atoms with van der Waals surface area (Å²) in [7, 11) is 1.93. The summed E-state index contributed by atoms with van der Waals surface area (Å²) in [4.78, 5) is 34.6. The summed E-state index contributed by atoms with van der Waals surface area (Å²) >= 11 is 0. The minimum absolute atomic E-state index is 0.0179. The monoisotopic (exact) mass is 649 g/mol. The molecule has 4 N–H and O–H groups in total. The Balaban J connectivity index is 1.24. The number of imidazole rings is 2. The Morgan fingerprint density at radius 1 is 1.02 bits per heavy atom. The van der Waals surface area contributed by atoms with Gasteiger partial charge in [0.15, 0.2) is 41.2 Å². The van der Waals surface area contributed by atoms with Crippen LogP contribution in [0.15, 0.2) is 79.5 Å². The Labute approximate surface area is 275 Å². The number of carbonyl (C=O) groups is 1. The Kier molecular flexibility index (Phi) is 8.76. The SMILES string of the molecule is Cc1nc([C@H]2O[C@@H](n3cnc4c(NCC(c5ccccc5)c5ccccc5)nc(NCCc5cn(C)cn5)nc43)[C@H](OC=O)[C@@H]2O)n[nH]1. The average Bonchev–Trinajstić information content (AvgIpc) is 3.90. The maximum absolute atomic E-state index is 11.6. The Hall–Kier alpha value is -5.67. The van der Waals surface area contributed by atoms with Crippen LogP contribution in [-0.4, -0.2) is 81.1 Å². The molecule has 4 atom stereocenters. The van der Waals surface area contributed by atoms with Crippen LogP contribution < -0.4 is 10.6 Å². The molecule has 2 aromatic carbocycles. The number of benzene rings is 2. The largest absolute Gasteiger partial charge is 0.457 e. The maximum Gasteiger partial charge on any atom is 0.293 e. The molecule has 1 fully saturated rings. The van der Waals surface area contributed by atoms with E-state index in [0.29, 0.717) is 48.3 Å². The van der Waals surface area contributed by atoms with Gasteiger partial charge in [-0.1, -0.05) is 60.7 Å². The molecule has 0 spiro atoms. The second kappa shape index (κ2) is 13.6. The standard InChI is InChI=1S/C33H35N11O4/c1-20-38-30(42-41-20)27-26(46)28(47-19-45)32(48-27)44-18-37-25-29(39-33(40-31(25)44)34-14-13-23-16-43(2)17-36-23)35-15-24(21-9-5-3-6-10-21)22-11-7-4-8-12-22/h3-12,16-19,24,26-28,32,46H,13-15H2,1-2H3,(H,38,41,42)(H2,34,35,39,40)/t26-,27+,28-,32-/m1/s1. The van der Waals surface area contributed by atoms with E-state index in [1.54, 1.807) is 17.8 Å². The second-order valence-corrected chi connectivity index (χ2v) is 11.6. The summed E-state index contributed by atoms with van der Waals surface area (Å²) in [6.45, 7) is 3.07. The van der Waals surface area contributed by atoms with E-state index in [1.165, 1.54) is 6.33 Å². The number of nitrogens with zero attached hydrogens (tertiary/aromatic N) is 8. The van der Waals surface area contributed by atoms with E-state index in [-0.39, 0.29) is 18.2 Å². The highest BCUT2D eigenvalue weighted by molar-refractivity contribution is 5.84. The molecular weight excluding hydrogens is 614 g/mol. The van der Waals surface area contributed by atoms with Crippen LogP contribution in [0.2, 0.25) is 0 Å². The Morgan fingerprint density at radius 3 is 2.42 bits per heavy atom. The molecule has 0 radical (unpaired) electrons. The van der Waals surface area contributed by atoms with Gasteiger partial charge in [-0.05, 0) is 18.1 Å². The van der Waals surface area contributed by atoms with Gasteiger partial charge in [0.25, 0.3) is 6.47 Å². The van der Waals surface area contributed by atoms with Crippen molar-refractivity contribution in [2.75, 3.05) is 23.7 Å². The van der Waals surface area contributed by atoms with Gasteiger partial charge in [0, 0.05) is 38.7 Å². The van der Waals surface area contributed by atoms with E-state index in [2.05, 4.69) is 60.0 Å². The normalized spacial score (nSPS) is 19.2. The molecule has 1 aliphatic heterocycles. The minimum Gasteiger partial charge on any atom is -0.457 e. The van der Waals surface area contributed by atoms with Crippen molar-refractivity contribution >= 4 is 29.4 Å². The van der Waals surface area contributed by atoms with Gasteiger partial charge < -0.3 is 29.8 Å². The van der Waals surface area contributed by atoms with Crippen LogP contribution in [0.5, 0.6) is 0 Å². The van der Waals surface area contributed by atoms with Crippen molar-refractivity contribution in [1.29, 1.82) is 0 Å². The number of rotatable bonds is 13. The summed E-state index contributed by atoms with van der Waals surface area (Å²) in [5.74, 6) is 1.67. The first-order chi connectivity index (χ1) is 23.5. The lowest BCUT2D eigenvalue weighted by Crippen LogP contribution is -2.32. The molecule has 0 bridgehead atoms. The molecule has 0 aliphatic carbocycles. The number of aromatic amines is 1. The molecule has 0 saturated carbocycles. The third kappa shape index (κ3) is 6.32. The maximum atomic E-state index is 11.6. The van der Waals surface area contributed by atoms with Crippen molar-refractivity contribution in [3.63, 3.8) is 0 Å². The summed E-state index contributed by atoms with van der Waals surface area (Å²) in [6.07, 6.45) is 1.63. The highest BCUT2D eigenvalue weighted by Gasteiger charge is 2.49. The quantitative estimate of drug-likeness (QED) is 0.134. The molecule has 6 aromatic rings. The number of hydrogen-bond acceptors (Lipinski definition) is 12. The van der Waals surface area contributed by atoms with E-state index in [4.69, 9.17) is 19.4 Å². The topological polar surface area (TPSA) is 183 Å². The number of aliphatic hydroxyl groups excluding tert-OH is 1. The first-order valence-corrected chi connectivity index (χ1v) is 15.6. The number of nitrogens with one attached hydrogen (secondary N) is 3. The number of aliphatic hydroxyl groups is 1. The first kappa shape index (κ1) is 31.0. The van der Waals surface area contributed by atoms with Gasteiger partial charge in [0.2, 0.25) is 5.95 Å². The van der Waals surface area contributed by atoms with Crippen LogP contribution in [0, 0.1) is 6.92 Å². The molecule has 15 heteroatoms. The van der Waals surface area contributed by atoms with Crippen molar-refractivity contribution in [3.8, 4) is 0 Å². The first-order valence-electron chi connectivity index (χ1n) is 15.6. The molecule has 7 rings (SSSR count). The zero-order valence-electron chi connectivity index (χ0n) is 26.3. The zero-order chi connectivity index (χ0) is 33.0. The van der Waals surface area contributed by atoms with E-state index >= 15 is 0 Å². The Bertz CT molecular complexity index is 1940. The van der Waals surface area contributed by atoms with Crippen molar-refractivity contribution in [3.05, 3.63) is 108 Å². The van der Waals surface area contributed by atoms with Gasteiger partial charge in [-0.3, -0.25) is 14.5 Å². The highest BCUT2D eigenvalue weighted by Crippen LogP contribution is 2.40. The molecule has 48 heavy (non-hydrogen) atoms. The highest BCUT2D eigenvalue weighted by atomic mass is 16.6. The molecule has 4 aromatic heterocycles. The number of carbonyl (C=O) groups excluding carboxylic acids is 1. The number of ether oxygens (including phenoxy) is 2. The lowest BCUT2D eigenvalue weighted by atomic mass is 9.91. The van der Waals surface area contributed by atoms with Crippen LogP contribution in [0.4, 0.5) is 11.8 Å². The predicted molar refractivity (Wildman–Crippen MR) is 175 cm³/mol. The van der Waals surface area contributed by atoms with Gasteiger partial charge >= 0.3 is 0 Å². The molecule has 15 nitrogen and oxygen atoms in total. The third-order valence-electron chi connectivity index (χ3n) is 8.29. The van der Waals surface area contributed by atoms with E-state index in [1.807, 2.05) is 54.2 Å². The third-order valence-corrected chi connectivity index (χ3v) is 8.29. The van der Waals surface area contributed by atoms with Crippen molar-refractivity contribution in [1.82, 2.24) is 44.3 Å². The van der Waals surface area contributed by atoms with Crippen molar-refractivity contribution in [2.45, 2.75) is 43.8 Å². The molecule has 5 heterocycles. The second-order valence-electron chi connectivity index (χ2n) is 11.6. The molecule has 1 saturated heterocycles. The molecule has 246 valence electrons. The van der Waals surface area contributed by atoms with Crippen LogP contribution in [-0.2, 0) is 27.7 Å². The summed E-state index contributed by atoms with van der Waals surface area (Å²) < 4.78 is 15.1. The summed E-state index contributed by atoms with van der Waals surface area (Å²) in [5.41, 5.74) is 4.11. The molecular formula is C33H35N11O4. The number of anilines is 2. The minimum atomic E-state index is -1.25. The van der Waals surface area contributed by atoms with Crippen molar-refractivity contribution < 1.29 is 19.4 Å². The number of H-pyrrole nitrogens is 1. The number of aromatic nitrogens is 9. The average molecular weight is 650 g/mol. The van der Waals surface area contributed by atoms with E-state index in [0.717, 1.165) is 16.8 Å². The molecule has 1 aliphatic rings. The van der Waals surface area contributed by atoms with E-state index in [9.17, 15) is 9.90 Å². The molecule has 0 amide bonds. The summed E-state index contributed by atoms with van der Waals surface area (Å²) in [5, 5.41) is 25.0. The van der Waals surface area contributed by atoms with Gasteiger partial charge in [0.05, 0.1) is 18.3 Å². The molecule has 0 unspecified atom stereocenters.